The third-order valence-corrected chi connectivity index (χ3v) is 6.45. The number of halogens is 1. The van der Waals surface area contributed by atoms with E-state index < -0.39 is 5.66 Å². The molecule has 4 rings (SSSR count). The Balaban J connectivity index is 2.10. The van der Waals surface area contributed by atoms with Gasteiger partial charge in [-0.15, -0.1) is 21.5 Å². The molecule has 7 heteroatoms. The minimum absolute atomic E-state index is 0.685. The van der Waals surface area contributed by atoms with Crippen molar-refractivity contribution < 1.29 is 0 Å². The van der Waals surface area contributed by atoms with Crippen LogP contribution >= 0.6 is 22.9 Å². The number of hydrogen-bond acceptors (Lipinski definition) is 5. The number of hydrogen-bond donors (Lipinski definition) is 1. The van der Waals surface area contributed by atoms with Gasteiger partial charge in [-0.25, -0.2) is 0 Å². The molecule has 2 aromatic heterocycles. The number of aromatic nitrogens is 3. The molecule has 1 aliphatic rings. The van der Waals surface area contributed by atoms with Crippen LogP contribution in [0.15, 0.2) is 29.3 Å². The van der Waals surface area contributed by atoms with Gasteiger partial charge in [0.15, 0.2) is 11.5 Å². The van der Waals surface area contributed by atoms with Crippen LogP contribution in [0.25, 0.3) is 5.00 Å². The van der Waals surface area contributed by atoms with E-state index >= 15 is 0 Å². The molecule has 0 aliphatic carbocycles. The van der Waals surface area contributed by atoms with Gasteiger partial charge in [-0.1, -0.05) is 23.7 Å². The van der Waals surface area contributed by atoms with Gasteiger partial charge in [-0.3, -0.25) is 14.9 Å². The number of nitrogens with one attached hydrogen (secondary N) is 1. The van der Waals surface area contributed by atoms with Crippen molar-refractivity contribution in [2.75, 3.05) is 7.05 Å². The zero-order chi connectivity index (χ0) is 18.6. The van der Waals surface area contributed by atoms with Gasteiger partial charge in [-0.05, 0) is 52.4 Å². The van der Waals surface area contributed by atoms with Crippen molar-refractivity contribution in [3.05, 3.63) is 62.5 Å². The van der Waals surface area contributed by atoms with Crippen LogP contribution in [0.4, 0.5) is 0 Å². The monoisotopic (exact) mass is 385 g/mol. The maximum Gasteiger partial charge on any atom is 0.180 e. The molecule has 1 aliphatic heterocycles. The lowest BCUT2D eigenvalue weighted by molar-refractivity contribution is 0.391. The van der Waals surface area contributed by atoms with Crippen molar-refractivity contribution >= 4 is 28.6 Å². The normalized spacial score (nSPS) is 18.9. The van der Waals surface area contributed by atoms with E-state index in [1.54, 1.807) is 11.3 Å². The minimum atomic E-state index is -0.685. The van der Waals surface area contributed by atoms with Gasteiger partial charge in [-0.2, -0.15) is 0 Å². The smallest absolute Gasteiger partial charge is 0.180 e. The van der Waals surface area contributed by atoms with E-state index in [1.165, 1.54) is 10.4 Å². The SMILES string of the molecule is CNC1(C)N=C(c2ccc(Cl)cc2)c2c(sc(C)c2C)-n2c(C)nnc21. The molecule has 1 N–H and O–H groups in total. The minimum Gasteiger partial charge on any atom is -0.290 e. The molecule has 134 valence electrons. The highest BCUT2D eigenvalue weighted by Crippen LogP contribution is 2.39. The van der Waals surface area contributed by atoms with E-state index in [2.05, 4.69) is 33.9 Å². The lowest BCUT2D eigenvalue weighted by Gasteiger charge is -2.23. The standard InChI is InChI=1S/C19H20ClN5S/c1-10-11(2)26-17-15(10)16(13-6-8-14(20)9-7-13)22-19(4,21-5)18-24-23-12(3)25(17)18/h6-9,21H,1-5H3. The maximum atomic E-state index is 6.11. The second-order valence-electron chi connectivity index (χ2n) is 6.66. The molecule has 0 radical (unpaired) electrons. The summed E-state index contributed by atoms with van der Waals surface area (Å²) in [7, 11) is 1.90. The van der Waals surface area contributed by atoms with E-state index in [-0.39, 0.29) is 0 Å². The molecular formula is C19H20ClN5S. The van der Waals surface area contributed by atoms with Crippen molar-refractivity contribution in [2.45, 2.75) is 33.4 Å². The highest BCUT2D eigenvalue weighted by molar-refractivity contribution is 7.15. The van der Waals surface area contributed by atoms with Crippen LogP contribution in [-0.2, 0) is 5.66 Å². The van der Waals surface area contributed by atoms with E-state index in [0.717, 1.165) is 33.5 Å². The Morgan fingerprint density at radius 3 is 2.46 bits per heavy atom. The van der Waals surface area contributed by atoms with Gasteiger partial charge >= 0.3 is 0 Å². The highest BCUT2D eigenvalue weighted by Gasteiger charge is 2.37. The van der Waals surface area contributed by atoms with E-state index in [0.29, 0.717) is 5.02 Å². The third-order valence-electron chi connectivity index (χ3n) is 5.01. The molecule has 0 saturated carbocycles. The first-order chi connectivity index (χ1) is 12.4. The van der Waals surface area contributed by atoms with Crippen molar-refractivity contribution in [2.24, 2.45) is 4.99 Å². The molecule has 26 heavy (non-hydrogen) atoms. The number of aliphatic imine (C=N–C) groups is 1. The third kappa shape index (κ3) is 2.44. The first kappa shape index (κ1) is 17.4. The molecule has 0 fully saturated rings. The maximum absolute atomic E-state index is 6.11. The van der Waals surface area contributed by atoms with Gasteiger partial charge in [0.1, 0.15) is 10.8 Å². The Kier molecular flexibility index (Phi) is 4.02. The van der Waals surface area contributed by atoms with Gasteiger partial charge < -0.3 is 0 Å². The van der Waals surface area contributed by atoms with E-state index in [9.17, 15) is 0 Å². The van der Waals surface area contributed by atoms with Gasteiger partial charge in [0.25, 0.3) is 0 Å². The molecule has 0 bridgehead atoms. The average Bonchev–Trinajstić information content (AvgIpc) is 3.11. The quantitative estimate of drug-likeness (QED) is 0.720. The number of fused-ring (bicyclic) bond motifs is 3. The highest BCUT2D eigenvalue weighted by atomic mass is 35.5. The van der Waals surface area contributed by atoms with E-state index in [1.807, 2.05) is 45.2 Å². The molecule has 1 unspecified atom stereocenters. The first-order valence-corrected chi connectivity index (χ1v) is 9.63. The Bertz CT molecular complexity index is 1030. The van der Waals surface area contributed by atoms with Crippen LogP contribution < -0.4 is 5.32 Å². The van der Waals surface area contributed by atoms with Crippen molar-refractivity contribution in [3.8, 4) is 5.00 Å². The summed E-state index contributed by atoms with van der Waals surface area (Å²) in [6.07, 6.45) is 0. The predicted molar refractivity (Wildman–Crippen MR) is 107 cm³/mol. The Morgan fingerprint density at radius 2 is 1.81 bits per heavy atom. The Morgan fingerprint density at radius 1 is 1.12 bits per heavy atom. The number of rotatable bonds is 2. The molecular weight excluding hydrogens is 366 g/mol. The topological polar surface area (TPSA) is 55.1 Å². The van der Waals surface area contributed by atoms with E-state index in [4.69, 9.17) is 16.6 Å². The van der Waals surface area contributed by atoms with Gasteiger partial charge in [0.05, 0.1) is 5.71 Å². The van der Waals surface area contributed by atoms with Crippen LogP contribution in [0.3, 0.4) is 0 Å². The summed E-state index contributed by atoms with van der Waals surface area (Å²) in [4.78, 5) is 6.41. The lowest BCUT2D eigenvalue weighted by Crippen LogP contribution is -2.37. The molecule has 3 heterocycles. The molecule has 1 aromatic carbocycles. The zero-order valence-corrected chi connectivity index (χ0v) is 17.0. The summed E-state index contributed by atoms with van der Waals surface area (Å²) in [6, 6.07) is 7.85. The fourth-order valence-corrected chi connectivity index (χ4v) is 4.61. The lowest BCUT2D eigenvalue weighted by atomic mass is 9.99. The van der Waals surface area contributed by atoms with Crippen LogP contribution in [0.2, 0.25) is 5.02 Å². The summed E-state index contributed by atoms with van der Waals surface area (Å²) < 4.78 is 2.13. The summed E-state index contributed by atoms with van der Waals surface area (Å²) in [5, 5.41) is 13.9. The summed E-state index contributed by atoms with van der Waals surface area (Å²) in [6.45, 7) is 8.30. The van der Waals surface area contributed by atoms with Crippen LogP contribution in [0, 0.1) is 20.8 Å². The first-order valence-electron chi connectivity index (χ1n) is 8.43. The van der Waals surface area contributed by atoms with Crippen LogP contribution in [0.1, 0.15) is 40.1 Å². The average molecular weight is 386 g/mol. The predicted octanol–water partition coefficient (Wildman–Crippen LogP) is 4.15. The second kappa shape index (κ2) is 6.01. The number of thiophene rings is 1. The van der Waals surface area contributed by atoms with Crippen molar-refractivity contribution in [1.82, 2.24) is 20.1 Å². The Hall–Kier alpha value is -2.02. The molecule has 5 nitrogen and oxygen atoms in total. The summed E-state index contributed by atoms with van der Waals surface area (Å²) >= 11 is 7.86. The van der Waals surface area contributed by atoms with Gasteiger partial charge in [0, 0.05) is 21.0 Å². The Labute approximate surface area is 161 Å². The summed E-state index contributed by atoms with van der Waals surface area (Å²) in [5.74, 6) is 1.65. The van der Waals surface area contributed by atoms with Crippen molar-refractivity contribution in [3.63, 3.8) is 0 Å². The largest absolute Gasteiger partial charge is 0.290 e. The summed E-state index contributed by atoms with van der Waals surface area (Å²) in [5.41, 5.74) is 3.67. The van der Waals surface area contributed by atoms with Crippen LogP contribution in [-0.4, -0.2) is 27.5 Å². The van der Waals surface area contributed by atoms with Crippen molar-refractivity contribution in [1.29, 1.82) is 0 Å². The molecule has 1 atom stereocenters. The second-order valence-corrected chi connectivity index (χ2v) is 8.30. The fourth-order valence-electron chi connectivity index (χ4n) is 3.28. The van der Waals surface area contributed by atoms with Gasteiger partial charge in [0.2, 0.25) is 0 Å². The molecule has 3 aromatic rings. The fraction of sp³-hybridized carbons (Fsp3) is 0.316. The molecule has 0 spiro atoms. The zero-order valence-electron chi connectivity index (χ0n) is 15.4. The number of aryl methyl sites for hydroxylation is 2. The number of nitrogens with zero attached hydrogens (tertiary/aromatic N) is 4. The molecule has 0 saturated heterocycles. The van der Waals surface area contributed by atoms with Crippen LogP contribution in [0.5, 0.6) is 0 Å². The molecule has 0 amide bonds. The number of benzene rings is 1.